The number of hydrogen-bond donors (Lipinski definition) is 0. The number of amides is 1. The minimum atomic E-state index is -0.103. The summed E-state index contributed by atoms with van der Waals surface area (Å²) in [5.41, 5.74) is 0.635. The van der Waals surface area contributed by atoms with Crippen molar-refractivity contribution in [1.82, 2.24) is 14.5 Å². The minimum Gasteiger partial charge on any atom is -0.376 e. The Morgan fingerprint density at radius 1 is 1.54 bits per heavy atom. The van der Waals surface area contributed by atoms with Crippen molar-refractivity contribution in [1.29, 1.82) is 0 Å². The highest BCUT2D eigenvalue weighted by Gasteiger charge is 2.26. The highest BCUT2D eigenvalue weighted by Crippen LogP contribution is 2.28. The second-order valence-electron chi connectivity index (χ2n) is 6.28. The minimum absolute atomic E-state index is 0.0186. The molecule has 1 aliphatic heterocycles. The Kier molecular flexibility index (Phi) is 5.01. The Morgan fingerprint density at radius 2 is 2.33 bits per heavy atom. The number of nitrogens with zero attached hydrogens (tertiary/aromatic N) is 3. The van der Waals surface area contributed by atoms with E-state index in [4.69, 9.17) is 4.74 Å². The Labute approximate surface area is 145 Å². The second-order valence-corrected chi connectivity index (χ2v) is 7.28. The van der Waals surface area contributed by atoms with E-state index in [1.54, 1.807) is 7.05 Å². The lowest BCUT2D eigenvalue weighted by atomic mass is 10.1. The fraction of sp³-hybridized carbons (Fsp3) is 0.588. The lowest BCUT2D eigenvalue weighted by Crippen LogP contribution is -2.37. The molecule has 1 fully saturated rings. The summed E-state index contributed by atoms with van der Waals surface area (Å²) in [5.74, 6) is -0.0186. The SMILES string of the molecule is CCCN(C[C@H]1CCCO1)C(=O)c1sc2ncn(C)c(=O)c2c1C. The van der Waals surface area contributed by atoms with Crippen LogP contribution in [0.1, 0.15) is 41.4 Å². The largest absolute Gasteiger partial charge is 0.376 e. The van der Waals surface area contributed by atoms with Crippen LogP contribution in [-0.2, 0) is 11.8 Å². The van der Waals surface area contributed by atoms with Crippen LogP contribution in [0.2, 0.25) is 0 Å². The van der Waals surface area contributed by atoms with Gasteiger partial charge in [0.05, 0.1) is 22.7 Å². The first-order chi connectivity index (χ1) is 11.5. The van der Waals surface area contributed by atoms with E-state index in [9.17, 15) is 9.59 Å². The highest BCUT2D eigenvalue weighted by molar-refractivity contribution is 7.20. The van der Waals surface area contributed by atoms with Gasteiger partial charge < -0.3 is 14.2 Å². The normalized spacial score (nSPS) is 17.5. The molecule has 1 atom stereocenters. The van der Waals surface area contributed by atoms with Crippen LogP contribution < -0.4 is 5.56 Å². The quantitative estimate of drug-likeness (QED) is 0.831. The van der Waals surface area contributed by atoms with Crippen LogP contribution in [0.5, 0.6) is 0 Å². The van der Waals surface area contributed by atoms with E-state index in [1.165, 1.54) is 22.2 Å². The summed E-state index contributed by atoms with van der Waals surface area (Å²) in [4.78, 5) is 32.8. The van der Waals surface area contributed by atoms with E-state index in [0.29, 0.717) is 28.2 Å². The predicted octanol–water partition coefficient (Wildman–Crippen LogP) is 2.33. The summed E-state index contributed by atoms with van der Waals surface area (Å²) in [6, 6.07) is 0. The van der Waals surface area contributed by atoms with E-state index in [1.807, 2.05) is 11.8 Å². The third kappa shape index (κ3) is 3.10. The van der Waals surface area contributed by atoms with Crippen molar-refractivity contribution in [3.8, 4) is 0 Å². The molecule has 0 aromatic carbocycles. The molecule has 3 rings (SSSR count). The van der Waals surface area contributed by atoms with E-state index < -0.39 is 0 Å². The zero-order valence-corrected chi connectivity index (χ0v) is 15.2. The molecule has 2 aromatic heterocycles. The van der Waals surface area contributed by atoms with Gasteiger partial charge in [0, 0.05) is 26.7 Å². The molecule has 6 nitrogen and oxygen atoms in total. The zero-order valence-electron chi connectivity index (χ0n) is 14.4. The number of rotatable bonds is 5. The molecule has 0 saturated carbocycles. The maximum Gasteiger partial charge on any atom is 0.264 e. The number of carbonyl (C=O) groups excluding carboxylic acids is 1. The summed E-state index contributed by atoms with van der Waals surface area (Å²) >= 11 is 1.31. The van der Waals surface area contributed by atoms with Gasteiger partial charge in [0.1, 0.15) is 4.83 Å². The third-order valence-electron chi connectivity index (χ3n) is 4.43. The van der Waals surface area contributed by atoms with Crippen LogP contribution in [0.4, 0.5) is 0 Å². The van der Waals surface area contributed by atoms with Gasteiger partial charge in [-0.3, -0.25) is 9.59 Å². The van der Waals surface area contributed by atoms with Crippen molar-refractivity contribution in [3.05, 3.63) is 27.1 Å². The van der Waals surface area contributed by atoms with Gasteiger partial charge in [-0.05, 0) is 31.7 Å². The van der Waals surface area contributed by atoms with Gasteiger partial charge >= 0.3 is 0 Å². The lowest BCUT2D eigenvalue weighted by molar-refractivity contribution is 0.0529. The molecule has 0 bridgehead atoms. The van der Waals surface area contributed by atoms with Gasteiger partial charge in [-0.1, -0.05) is 6.92 Å². The lowest BCUT2D eigenvalue weighted by Gasteiger charge is -2.24. The number of fused-ring (bicyclic) bond motifs is 1. The summed E-state index contributed by atoms with van der Waals surface area (Å²) in [6.07, 6.45) is 4.58. The summed E-state index contributed by atoms with van der Waals surface area (Å²) in [6.45, 7) is 5.99. The van der Waals surface area contributed by atoms with Crippen molar-refractivity contribution >= 4 is 27.5 Å². The van der Waals surface area contributed by atoms with Crippen LogP contribution in [0, 0.1) is 6.92 Å². The molecule has 130 valence electrons. The van der Waals surface area contributed by atoms with Crippen LogP contribution in [0.25, 0.3) is 10.2 Å². The van der Waals surface area contributed by atoms with E-state index in [0.717, 1.165) is 31.4 Å². The fourth-order valence-electron chi connectivity index (χ4n) is 3.14. The summed E-state index contributed by atoms with van der Waals surface area (Å²) < 4.78 is 7.13. The highest BCUT2D eigenvalue weighted by atomic mass is 32.1. The van der Waals surface area contributed by atoms with E-state index in [-0.39, 0.29) is 17.6 Å². The molecule has 0 unspecified atom stereocenters. The molecule has 0 spiro atoms. The van der Waals surface area contributed by atoms with E-state index in [2.05, 4.69) is 11.9 Å². The predicted molar refractivity (Wildman–Crippen MR) is 94.8 cm³/mol. The van der Waals surface area contributed by atoms with Crippen molar-refractivity contribution in [3.63, 3.8) is 0 Å². The number of aryl methyl sites for hydroxylation is 2. The monoisotopic (exact) mass is 349 g/mol. The smallest absolute Gasteiger partial charge is 0.264 e. The average Bonchev–Trinajstić information content (AvgIpc) is 3.18. The fourth-order valence-corrected chi connectivity index (χ4v) is 4.24. The van der Waals surface area contributed by atoms with E-state index >= 15 is 0 Å². The molecule has 24 heavy (non-hydrogen) atoms. The number of carbonyl (C=O) groups is 1. The topological polar surface area (TPSA) is 64.4 Å². The number of ether oxygens (including phenoxy) is 1. The molecule has 0 aliphatic carbocycles. The van der Waals surface area contributed by atoms with Crippen LogP contribution in [0.15, 0.2) is 11.1 Å². The second kappa shape index (κ2) is 7.03. The summed E-state index contributed by atoms with van der Waals surface area (Å²) in [5, 5.41) is 0.557. The molecule has 1 saturated heterocycles. The van der Waals surface area contributed by atoms with Gasteiger partial charge in [0.25, 0.3) is 11.5 Å². The standard InChI is InChI=1S/C17H23N3O3S/c1-4-7-20(9-12-6-5-8-23-12)17(22)14-11(2)13-15(24-14)18-10-19(3)16(13)21/h10,12H,4-9H2,1-3H3/t12-/m1/s1. The van der Waals surface area contributed by atoms with Crippen LogP contribution in [-0.4, -0.2) is 46.2 Å². The summed E-state index contributed by atoms with van der Waals surface area (Å²) in [7, 11) is 1.67. The van der Waals surface area contributed by atoms with Crippen molar-refractivity contribution in [2.45, 2.75) is 39.2 Å². The van der Waals surface area contributed by atoms with Gasteiger partial charge in [0.2, 0.25) is 0 Å². The van der Waals surface area contributed by atoms with Crippen LogP contribution >= 0.6 is 11.3 Å². The van der Waals surface area contributed by atoms with Crippen molar-refractivity contribution in [2.75, 3.05) is 19.7 Å². The Morgan fingerprint density at radius 3 is 3.00 bits per heavy atom. The molecular formula is C17H23N3O3S. The molecule has 0 N–H and O–H groups in total. The molecule has 1 amide bonds. The first-order valence-corrected chi connectivity index (χ1v) is 9.20. The average molecular weight is 349 g/mol. The van der Waals surface area contributed by atoms with Crippen LogP contribution in [0.3, 0.4) is 0 Å². The van der Waals surface area contributed by atoms with Gasteiger partial charge in [-0.25, -0.2) is 4.98 Å². The first-order valence-electron chi connectivity index (χ1n) is 8.38. The number of hydrogen-bond acceptors (Lipinski definition) is 5. The third-order valence-corrected chi connectivity index (χ3v) is 5.62. The molecule has 1 aliphatic rings. The number of aromatic nitrogens is 2. The maximum atomic E-state index is 13.1. The molecule has 3 heterocycles. The van der Waals surface area contributed by atoms with Crippen molar-refractivity contribution in [2.24, 2.45) is 7.05 Å². The molecule has 2 aromatic rings. The zero-order chi connectivity index (χ0) is 17.3. The first kappa shape index (κ1) is 17.1. The Balaban J connectivity index is 1.94. The molecule has 0 radical (unpaired) electrons. The van der Waals surface area contributed by atoms with Gasteiger partial charge in [0.15, 0.2) is 0 Å². The Bertz CT molecular complexity index is 805. The molecule has 7 heteroatoms. The van der Waals surface area contributed by atoms with Gasteiger partial charge in [-0.15, -0.1) is 11.3 Å². The Hall–Kier alpha value is -1.73. The van der Waals surface area contributed by atoms with Crippen molar-refractivity contribution < 1.29 is 9.53 Å². The number of thiophene rings is 1. The molecular weight excluding hydrogens is 326 g/mol. The van der Waals surface area contributed by atoms with Gasteiger partial charge in [-0.2, -0.15) is 0 Å². The maximum absolute atomic E-state index is 13.1.